The Morgan fingerprint density at radius 3 is 2.35 bits per heavy atom. The predicted molar refractivity (Wildman–Crippen MR) is 90.9 cm³/mol. The van der Waals surface area contributed by atoms with Crippen molar-refractivity contribution in [3.05, 3.63) is 46.5 Å². The highest BCUT2D eigenvalue weighted by Gasteiger charge is 2.32. The lowest BCUT2D eigenvalue weighted by Gasteiger charge is -2.22. The Bertz CT molecular complexity index is 776. The third-order valence-corrected chi connectivity index (χ3v) is 3.98. The fourth-order valence-corrected chi connectivity index (χ4v) is 2.64. The Morgan fingerprint density at radius 1 is 1.23 bits per heavy atom. The summed E-state index contributed by atoms with van der Waals surface area (Å²) in [4.78, 5) is 3.37. The lowest BCUT2D eigenvalue weighted by Crippen LogP contribution is -2.12. The highest BCUT2D eigenvalue weighted by Crippen LogP contribution is 2.43. The normalized spacial score (nSPS) is 13.2. The minimum absolute atomic E-state index is 0.0808. The molecule has 0 radical (unpaired) electrons. The highest BCUT2D eigenvalue weighted by molar-refractivity contribution is 6.31. The number of hydrogen-bond donors (Lipinski definition) is 1. The number of aliphatic hydroxyl groups is 1. The lowest BCUT2D eigenvalue weighted by atomic mass is 9.94. The van der Waals surface area contributed by atoms with Gasteiger partial charge in [-0.15, -0.1) is 0 Å². The third-order valence-electron chi connectivity index (χ3n) is 3.70. The van der Waals surface area contributed by atoms with Gasteiger partial charge in [0.1, 0.15) is 11.4 Å². The van der Waals surface area contributed by atoms with Gasteiger partial charge in [0.2, 0.25) is 0 Å². The first-order valence-corrected chi connectivity index (χ1v) is 8.27. The van der Waals surface area contributed by atoms with E-state index in [-0.39, 0.29) is 34.6 Å². The number of hydrogen-bond acceptors (Lipinski definition) is 3. The van der Waals surface area contributed by atoms with Crippen molar-refractivity contribution in [3.8, 4) is 16.9 Å². The Balaban J connectivity index is 2.71. The van der Waals surface area contributed by atoms with Gasteiger partial charge in [-0.3, -0.25) is 4.98 Å². The van der Waals surface area contributed by atoms with E-state index in [1.54, 1.807) is 20.8 Å². The molecule has 0 aliphatic heterocycles. The SMILES string of the molecule is CC(C)Oc1c(C(C)CO)cc(Cl)c(F)c1-c1ccc(C(F)(F)F)nc1. The molecular formula is C18H18ClF4NO2. The molecule has 2 rings (SSSR count). The molecule has 1 N–H and O–H groups in total. The van der Waals surface area contributed by atoms with Crippen LogP contribution in [0.5, 0.6) is 5.75 Å². The van der Waals surface area contributed by atoms with Crippen molar-refractivity contribution in [2.75, 3.05) is 6.61 Å². The van der Waals surface area contributed by atoms with Gasteiger partial charge in [-0.2, -0.15) is 13.2 Å². The van der Waals surface area contributed by atoms with Crippen molar-refractivity contribution < 1.29 is 27.4 Å². The van der Waals surface area contributed by atoms with E-state index in [2.05, 4.69) is 4.98 Å². The number of benzene rings is 1. The molecule has 0 amide bonds. The van der Waals surface area contributed by atoms with Crippen LogP contribution in [0.15, 0.2) is 24.4 Å². The molecule has 142 valence electrons. The molecule has 3 nitrogen and oxygen atoms in total. The van der Waals surface area contributed by atoms with Crippen LogP contribution in [-0.2, 0) is 6.18 Å². The maximum Gasteiger partial charge on any atom is 0.433 e. The van der Waals surface area contributed by atoms with Crippen LogP contribution in [0.4, 0.5) is 17.6 Å². The van der Waals surface area contributed by atoms with Gasteiger partial charge >= 0.3 is 6.18 Å². The molecule has 26 heavy (non-hydrogen) atoms. The van der Waals surface area contributed by atoms with E-state index >= 15 is 0 Å². The number of aromatic nitrogens is 1. The highest BCUT2D eigenvalue weighted by atomic mass is 35.5. The molecular weight excluding hydrogens is 374 g/mol. The topological polar surface area (TPSA) is 42.4 Å². The zero-order valence-electron chi connectivity index (χ0n) is 14.4. The molecule has 0 bridgehead atoms. The van der Waals surface area contributed by atoms with Crippen molar-refractivity contribution in [1.82, 2.24) is 4.98 Å². The van der Waals surface area contributed by atoms with Crippen LogP contribution in [0.25, 0.3) is 11.1 Å². The molecule has 8 heteroatoms. The van der Waals surface area contributed by atoms with Gasteiger partial charge in [0.05, 0.1) is 16.7 Å². The second-order valence-electron chi connectivity index (χ2n) is 6.15. The molecule has 1 aromatic heterocycles. The van der Waals surface area contributed by atoms with Crippen LogP contribution in [0.1, 0.15) is 37.9 Å². The second kappa shape index (κ2) is 7.80. The average molecular weight is 392 g/mol. The largest absolute Gasteiger partial charge is 0.490 e. The summed E-state index contributed by atoms with van der Waals surface area (Å²) < 4.78 is 58.7. The van der Waals surface area contributed by atoms with Crippen LogP contribution in [-0.4, -0.2) is 22.8 Å². The van der Waals surface area contributed by atoms with E-state index in [9.17, 15) is 22.7 Å². The number of ether oxygens (including phenoxy) is 1. The first-order valence-electron chi connectivity index (χ1n) is 7.89. The molecule has 1 unspecified atom stereocenters. The van der Waals surface area contributed by atoms with Crippen LogP contribution in [0.3, 0.4) is 0 Å². The third kappa shape index (κ3) is 4.27. The summed E-state index contributed by atoms with van der Waals surface area (Å²) in [6.07, 6.45) is -4.00. The van der Waals surface area contributed by atoms with E-state index in [0.717, 1.165) is 18.3 Å². The minimum atomic E-state index is -4.60. The average Bonchev–Trinajstić information content (AvgIpc) is 2.56. The number of pyridine rings is 1. The Hall–Kier alpha value is -1.86. The Labute approximate surface area is 153 Å². The summed E-state index contributed by atoms with van der Waals surface area (Å²) in [6, 6.07) is 3.24. The maximum atomic E-state index is 14.8. The molecule has 2 aromatic rings. The minimum Gasteiger partial charge on any atom is -0.490 e. The monoisotopic (exact) mass is 391 g/mol. The molecule has 0 saturated carbocycles. The Morgan fingerprint density at radius 2 is 1.88 bits per heavy atom. The van der Waals surface area contributed by atoms with E-state index in [0.29, 0.717) is 5.56 Å². The fraction of sp³-hybridized carbons (Fsp3) is 0.389. The zero-order chi connectivity index (χ0) is 19.6. The molecule has 0 spiro atoms. The van der Waals surface area contributed by atoms with E-state index in [1.165, 1.54) is 6.07 Å². The summed E-state index contributed by atoms with van der Waals surface area (Å²) in [7, 11) is 0. The van der Waals surface area contributed by atoms with Gasteiger partial charge in [-0.1, -0.05) is 24.6 Å². The quantitative estimate of drug-likeness (QED) is 0.690. The van der Waals surface area contributed by atoms with Crippen LogP contribution < -0.4 is 4.74 Å². The number of alkyl halides is 3. The summed E-state index contributed by atoms with van der Waals surface area (Å²) in [5, 5.41) is 9.25. The van der Waals surface area contributed by atoms with Crippen LogP contribution >= 0.6 is 11.6 Å². The van der Waals surface area contributed by atoms with Gasteiger partial charge in [0.25, 0.3) is 0 Å². The first kappa shape index (κ1) is 20.5. The standard InChI is InChI=1S/C18H18ClF4NO2/c1-9(2)26-17-12(10(3)8-25)6-13(19)16(20)15(17)11-4-5-14(24-7-11)18(21,22)23/h4-7,9-10,25H,8H2,1-3H3. The van der Waals surface area contributed by atoms with Crippen LogP contribution in [0, 0.1) is 5.82 Å². The summed E-state index contributed by atoms with van der Waals surface area (Å²) in [6.45, 7) is 4.93. The molecule has 1 heterocycles. The number of rotatable bonds is 5. The number of aliphatic hydroxyl groups excluding tert-OH is 1. The van der Waals surface area contributed by atoms with Gasteiger partial charge in [-0.05, 0) is 26.0 Å². The number of halogens is 5. The van der Waals surface area contributed by atoms with E-state index in [1.807, 2.05) is 0 Å². The van der Waals surface area contributed by atoms with Crippen molar-refractivity contribution in [2.24, 2.45) is 0 Å². The van der Waals surface area contributed by atoms with Gasteiger partial charge in [0, 0.05) is 29.8 Å². The summed E-state index contributed by atoms with van der Waals surface area (Å²) in [5.74, 6) is -1.11. The van der Waals surface area contributed by atoms with E-state index < -0.39 is 23.6 Å². The van der Waals surface area contributed by atoms with Gasteiger partial charge in [-0.25, -0.2) is 4.39 Å². The lowest BCUT2D eigenvalue weighted by molar-refractivity contribution is -0.141. The Kier molecular flexibility index (Phi) is 6.13. The van der Waals surface area contributed by atoms with Gasteiger partial charge in [0.15, 0.2) is 5.82 Å². The molecule has 1 atom stereocenters. The zero-order valence-corrected chi connectivity index (χ0v) is 15.1. The van der Waals surface area contributed by atoms with Crippen molar-refractivity contribution in [2.45, 2.75) is 39.0 Å². The predicted octanol–water partition coefficient (Wildman–Crippen LogP) is 5.44. The molecule has 1 aromatic carbocycles. The molecule has 0 saturated heterocycles. The van der Waals surface area contributed by atoms with E-state index in [4.69, 9.17) is 16.3 Å². The number of nitrogens with zero attached hydrogens (tertiary/aromatic N) is 1. The van der Waals surface area contributed by atoms with Crippen molar-refractivity contribution in [1.29, 1.82) is 0 Å². The second-order valence-corrected chi connectivity index (χ2v) is 6.55. The van der Waals surface area contributed by atoms with Crippen LogP contribution in [0.2, 0.25) is 5.02 Å². The maximum absolute atomic E-state index is 14.8. The molecule has 0 aliphatic rings. The summed E-state index contributed by atoms with van der Waals surface area (Å²) in [5.41, 5.74) is -0.607. The van der Waals surface area contributed by atoms with Gasteiger partial charge < -0.3 is 9.84 Å². The smallest absolute Gasteiger partial charge is 0.433 e. The fourth-order valence-electron chi connectivity index (χ4n) is 2.42. The first-order chi connectivity index (χ1) is 12.1. The van der Waals surface area contributed by atoms with Crippen molar-refractivity contribution >= 4 is 11.6 Å². The molecule has 0 fully saturated rings. The van der Waals surface area contributed by atoms with Crippen molar-refractivity contribution in [3.63, 3.8) is 0 Å². The summed E-state index contributed by atoms with van der Waals surface area (Å²) >= 11 is 5.97. The molecule has 0 aliphatic carbocycles.